The van der Waals surface area contributed by atoms with E-state index < -0.39 is 58.0 Å². The number of nitrogens with two attached hydrogens (primary N) is 1. The normalized spacial score (nSPS) is 25.2. The average Bonchev–Trinajstić information content (AvgIpc) is 2.95. The number of carbonyl (C=O) groups is 3. The summed E-state index contributed by atoms with van der Waals surface area (Å²) in [6.45, 7) is 3.97. The van der Waals surface area contributed by atoms with Crippen molar-refractivity contribution in [1.29, 1.82) is 0 Å². The van der Waals surface area contributed by atoms with Crippen LogP contribution in [0, 0.1) is 11.8 Å². The first-order valence-electron chi connectivity index (χ1n) is 14.3. The fourth-order valence-corrected chi connectivity index (χ4v) is 7.27. The first-order valence-corrected chi connectivity index (χ1v) is 14.6. The number of likely N-dealkylation sites (N-methyl/N-ethyl adjacent to an activating group) is 2. The van der Waals surface area contributed by atoms with Crippen LogP contribution in [0.1, 0.15) is 35.6 Å². The molecule has 3 aliphatic rings. The quantitative estimate of drug-likeness (QED) is 0.283. The van der Waals surface area contributed by atoms with Crippen LogP contribution < -0.4 is 5.73 Å². The number of nitrogens with zero attached hydrogens (tertiary/aromatic N) is 2. The Hall–Kier alpha value is -3.70. The number of ketones is 2. The van der Waals surface area contributed by atoms with Crippen molar-refractivity contribution in [3.8, 4) is 5.75 Å². The number of hydrogen-bond acceptors (Lipinski definition) is 9. The lowest BCUT2D eigenvalue weighted by atomic mass is 9.57. The molecule has 1 fully saturated rings. The van der Waals surface area contributed by atoms with Crippen molar-refractivity contribution >= 4 is 34.8 Å². The number of hydrogen-bond donors (Lipinski definition) is 5. The second-order valence-corrected chi connectivity index (χ2v) is 12.2. The number of benzene rings is 2. The predicted molar refractivity (Wildman–Crippen MR) is 160 cm³/mol. The number of carbonyl (C=O) groups excluding carboxylic acids is 3. The van der Waals surface area contributed by atoms with Crippen molar-refractivity contribution in [1.82, 2.24) is 9.80 Å². The summed E-state index contributed by atoms with van der Waals surface area (Å²) >= 11 is 6.93. The Morgan fingerprint density at radius 3 is 2.42 bits per heavy atom. The average molecular weight is 610 g/mol. The number of fused-ring (bicyclic) bond motifs is 3. The predicted octanol–water partition coefficient (Wildman–Crippen LogP) is 2.68. The van der Waals surface area contributed by atoms with Crippen LogP contribution in [0.2, 0.25) is 5.02 Å². The number of halogens is 1. The molecule has 0 radical (unpaired) electrons. The van der Waals surface area contributed by atoms with Crippen molar-refractivity contribution in [2.24, 2.45) is 17.6 Å². The van der Waals surface area contributed by atoms with Gasteiger partial charge in [0.2, 0.25) is 5.78 Å². The molecule has 228 valence electrons. The fourth-order valence-electron chi connectivity index (χ4n) is 6.98. The Bertz CT molecular complexity index is 1570. The minimum Gasteiger partial charge on any atom is -0.508 e. The third kappa shape index (κ3) is 4.92. The van der Waals surface area contributed by atoms with Gasteiger partial charge in [-0.15, -0.1) is 0 Å². The SMILES string of the molecule is CCN(CCc1ccccc1)Cc1cc(O)c2c(c1Cl)C[C@H]1C[C@H]3[C@H](N(C)C)C(=O)C(C(N)=O)=C(O)[C@@]3(O)C(=O)C1=C2O. The molecule has 0 heterocycles. The van der Waals surface area contributed by atoms with Crippen LogP contribution in [0.4, 0.5) is 0 Å². The van der Waals surface area contributed by atoms with Gasteiger partial charge in [0.15, 0.2) is 11.4 Å². The second-order valence-electron chi connectivity index (χ2n) is 11.8. The van der Waals surface area contributed by atoms with Crippen molar-refractivity contribution in [2.45, 2.75) is 44.4 Å². The number of amides is 1. The molecule has 6 N–H and O–H groups in total. The number of phenolic OH excluding ortho intramolecular Hbond substituents is 1. The number of aromatic hydroxyl groups is 1. The van der Waals surface area contributed by atoms with E-state index in [4.69, 9.17) is 17.3 Å². The molecule has 11 heteroatoms. The van der Waals surface area contributed by atoms with Gasteiger partial charge in [0.05, 0.1) is 11.6 Å². The highest BCUT2D eigenvalue weighted by Crippen LogP contribution is 2.53. The molecular formula is C32H36ClN3O7. The van der Waals surface area contributed by atoms with Crippen molar-refractivity contribution in [3.63, 3.8) is 0 Å². The first kappa shape index (κ1) is 30.7. The zero-order valence-electron chi connectivity index (χ0n) is 24.3. The smallest absolute Gasteiger partial charge is 0.255 e. The number of aliphatic hydroxyl groups is 3. The van der Waals surface area contributed by atoms with E-state index in [0.717, 1.165) is 19.5 Å². The van der Waals surface area contributed by atoms with Gasteiger partial charge < -0.3 is 26.2 Å². The first-order chi connectivity index (χ1) is 20.3. The molecule has 0 aliphatic heterocycles. The molecule has 0 saturated heterocycles. The van der Waals surface area contributed by atoms with Crippen molar-refractivity contribution in [2.75, 3.05) is 27.2 Å². The Morgan fingerprint density at radius 1 is 1.14 bits per heavy atom. The van der Waals surface area contributed by atoms with E-state index in [-0.39, 0.29) is 29.7 Å². The molecule has 1 amide bonds. The number of rotatable bonds is 8. The van der Waals surface area contributed by atoms with Crippen LogP contribution >= 0.6 is 11.6 Å². The van der Waals surface area contributed by atoms with Crippen LogP contribution in [-0.4, -0.2) is 86.5 Å². The molecule has 1 saturated carbocycles. The van der Waals surface area contributed by atoms with Gasteiger partial charge >= 0.3 is 0 Å². The lowest BCUT2D eigenvalue weighted by molar-refractivity contribution is -0.153. The Labute approximate surface area is 254 Å². The van der Waals surface area contributed by atoms with Gasteiger partial charge in [0.25, 0.3) is 5.91 Å². The molecule has 0 unspecified atom stereocenters. The van der Waals surface area contributed by atoms with Crippen LogP contribution in [0.15, 0.2) is 53.3 Å². The number of primary amides is 1. The standard InChI is InChI=1S/C32H36ClN3O7/c1-4-36(11-10-16-8-6-5-7-9-16)15-18-14-21(37)23-19(25(18)33)12-17-13-20-26(35(2)3)28(39)24(31(34)42)30(41)32(20,43)29(40)22(17)27(23)38/h5-9,14,17,20,26,37-38,41,43H,4,10-13,15H2,1-3H3,(H2,34,42)/t17-,20-,26-,32-/m0/s1. The second kappa shape index (κ2) is 11.4. The van der Waals surface area contributed by atoms with E-state index >= 15 is 0 Å². The summed E-state index contributed by atoms with van der Waals surface area (Å²) in [6.07, 6.45) is 0.977. The van der Waals surface area contributed by atoms with Crippen molar-refractivity contribution < 1.29 is 34.8 Å². The highest BCUT2D eigenvalue weighted by Gasteiger charge is 2.64. The minimum atomic E-state index is -2.68. The summed E-state index contributed by atoms with van der Waals surface area (Å²) in [5, 5.41) is 45.5. The minimum absolute atomic E-state index is 0.00520. The summed E-state index contributed by atoms with van der Waals surface area (Å²) in [7, 11) is 3.12. The Kier molecular flexibility index (Phi) is 8.17. The third-order valence-corrected chi connectivity index (χ3v) is 9.60. The lowest BCUT2D eigenvalue weighted by Crippen LogP contribution is -2.65. The number of phenols is 1. The van der Waals surface area contributed by atoms with Gasteiger partial charge in [-0.1, -0.05) is 48.9 Å². The van der Waals surface area contributed by atoms with E-state index in [1.165, 1.54) is 16.5 Å². The zero-order valence-corrected chi connectivity index (χ0v) is 25.1. The van der Waals surface area contributed by atoms with E-state index in [1.54, 1.807) is 14.1 Å². The van der Waals surface area contributed by atoms with Gasteiger partial charge in [-0.3, -0.25) is 24.2 Å². The van der Waals surface area contributed by atoms with Gasteiger partial charge in [-0.2, -0.15) is 0 Å². The largest absolute Gasteiger partial charge is 0.508 e. The molecule has 5 rings (SSSR count). The highest BCUT2D eigenvalue weighted by molar-refractivity contribution is 6.32. The van der Waals surface area contributed by atoms with Gasteiger partial charge in [0, 0.05) is 29.6 Å². The maximum Gasteiger partial charge on any atom is 0.255 e. The third-order valence-electron chi connectivity index (χ3n) is 9.13. The maximum absolute atomic E-state index is 14.0. The molecule has 0 aromatic heterocycles. The monoisotopic (exact) mass is 609 g/mol. The summed E-state index contributed by atoms with van der Waals surface area (Å²) in [6, 6.07) is 10.4. The summed E-state index contributed by atoms with van der Waals surface area (Å²) < 4.78 is 0. The molecule has 43 heavy (non-hydrogen) atoms. The van der Waals surface area contributed by atoms with Gasteiger partial charge in [0.1, 0.15) is 22.8 Å². The van der Waals surface area contributed by atoms with Crippen molar-refractivity contribution in [3.05, 3.63) is 80.6 Å². The van der Waals surface area contributed by atoms with E-state index in [1.807, 2.05) is 25.1 Å². The van der Waals surface area contributed by atoms with Crippen LogP contribution in [0.5, 0.6) is 5.75 Å². The molecule has 0 bridgehead atoms. The Balaban J connectivity index is 1.54. The molecule has 3 aliphatic carbocycles. The molecular weight excluding hydrogens is 574 g/mol. The maximum atomic E-state index is 14.0. The van der Waals surface area contributed by atoms with Crippen LogP contribution in [-0.2, 0) is 33.8 Å². The summed E-state index contributed by atoms with van der Waals surface area (Å²) in [5.74, 6) is -6.89. The van der Waals surface area contributed by atoms with Gasteiger partial charge in [-0.05, 0) is 68.6 Å². The summed E-state index contributed by atoms with van der Waals surface area (Å²) in [5.41, 5.74) is 3.95. The zero-order chi connectivity index (χ0) is 31.4. The van der Waals surface area contributed by atoms with Crippen LogP contribution in [0.25, 0.3) is 5.76 Å². The van der Waals surface area contributed by atoms with E-state index in [2.05, 4.69) is 17.0 Å². The summed E-state index contributed by atoms with van der Waals surface area (Å²) in [4.78, 5) is 43.0. The molecule has 4 atom stereocenters. The number of aliphatic hydroxyl groups excluding tert-OH is 2. The van der Waals surface area contributed by atoms with E-state index in [9.17, 15) is 34.8 Å². The highest BCUT2D eigenvalue weighted by atomic mass is 35.5. The fraction of sp³-hybridized carbons (Fsp3) is 0.406. The molecule has 0 spiro atoms. The lowest BCUT2D eigenvalue weighted by Gasteiger charge is -2.50. The van der Waals surface area contributed by atoms with Gasteiger partial charge in [-0.25, -0.2) is 0 Å². The molecule has 2 aromatic rings. The topological polar surface area (TPSA) is 165 Å². The molecule has 2 aromatic carbocycles. The van der Waals surface area contributed by atoms with E-state index in [0.29, 0.717) is 22.7 Å². The number of Topliss-reactive ketones (excluding diaryl/α,β-unsaturated/α-hetero) is 2. The molecule has 10 nitrogen and oxygen atoms in total. The van der Waals surface area contributed by atoms with Crippen LogP contribution in [0.3, 0.4) is 0 Å². The Morgan fingerprint density at radius 2 is 1.81 bits per heavy atom.